The molecule has 0 unspecified atom stereocenters. The highest BCUT2D eigenvalue weighted by molar-refractivity contribution is 6.02. The number of carboxylic acid groups (broad SMARTS) is 1. The summed E-state index contributed by atoms with van der Waals surface area (Å²) in [6, 6.07) is 9.83. The van der Waals surface area contributed by atoms with Gasteiger partial charge >= 0.3 is 5.97 Å². The number of para-hydroxylation sites is 1. The summed E-state index contributed by atoms with van der Waals surface area (Å²) in [5.74, 6) is -0.840. The Morgan fingerprint density at radius 3 is 2.74 bits per heavy atom. The summed E-state index contributed by atoms with van der Waals surface area (Å²) in [5, 5.41) is 11.7. The highest BCUT2D eigenvalue weighted by Gasteiger charge is 2.15. The Labute approximate surface area is 112 Å². The molecule has 1 aromatic rings. The van der Waals surface area contributed by atoms with Gasteiger partial charge in [0.2, 0.25) is 0 Å². The van der Waals surface area contributed by atoms with Gasteiger partial charge in [0.15, 0.2) is 0 Å². The third-order valence-electron chi connectivity index (χ3n) is 3.20. The summed E-state index contributed by atoms with van der Waals surface area (Å²) >= 11 is 0. The molecule has 0 bridgehead atoms. The van der Waals surface area contributed by atoms with Crippen molar-refractivity contribution in [2.45, 2.75) is 26.2 Å². The van der Waals surface area contributed by atoms with Gasteiger partial charge in [0.05, 0.1) is 5.69 Å². The van der Waals surface area contributed by atoms with Crippen molar-refractivity contribution in [2.24, 2.45) is 4.99 Å². The molecule has 0 fully saturated rings. The summed E-state index contributed by atoms with van der Waals surface area (Å²) < 4.78 is 0. The second kappa shape index (κ2) is 6.18. The predicted octanol–water partition coefficient (Wildman–Crippen LogP) is 2.89. The number of nitrogens with one attached hydrogen (secondary N) is 1. The van der Waals surface area contributed by atoms with E-state index in [2.05, 4.69) is 10.3 Å². The molecule has 100 valence electrons. The first-order valence-corrected chi connectivity index (χ1v) is 6.45. The molecule has 0 heterocycles. The maximum atomic E-state index is 10.6. The highest BCUT2D eigenvalue weighted by Crippen LogP contribution is 2.23. The third kappa shape index (κ3) is 3.68. The predicted molar refractivity (Wildman–Crippen MR) is 75.7 cm³/mol. The van der Waals surface area contributed by atoms with Crippen LogP contribution >= 0.6 is 0 Å². The van der Waals surface area contributed by atoms with Crippen LogP contribution < -0.4 is 5.32 Å². The zero-order valence-corrected chi connectivity index (χ0v) is 11.0. The van der Waals surface area contributed by atoms with E-state index in [0.717, 1.165) is 41.9 Å². The standard InChI is InChI=1S/C15H18N2O2/c1-11-13(16-10-15(18)19)8-5-9-14(11)17-12-6-3-2-4-7-12/h2-4,6-7,16H,5,8-10H2,1H3,(H,18,19). The number of hydrogen-bond donors (Lipinski definition) is 2. The van der Waals surface area contributed by atoms with Crippen LogP contribution in [0.5, 0.6) is 0 Å². The quantitative estimate of drug-likeness (QED) is 0.873. The second-order valence-corrected chi connectivity index (χ2v) is 4.60. The highest BCUT2D eigenvalue weighted by atomic mass is 16.4. The van der Waals surface area contributed by atoms with E-state index >= 15 is 0 Å². The van der Waals surface area contributed by atoms with Crippen LogP contribution in [0.4, 0.5) is 5.69 Å². The molecule has 2 rings (SSSR count). The van der Waals surface area contributed by atoms with Crippen LogP contribution in [0.25, 0.3) is 0 Å². The van der Waals surface area contributed by atoms with Crippen molar-refractivity contribution in [3.8, 4) is 0 Å². The molecule has 0 aliphatic heterocycles. The van der Waals surface area contributed by atoms with Crippen LogP contribution in [0.2, 0.25) is 0 Å². The lowest BCUT2D eigenvalue weighted by Crippen LogP contribution is -2.26. The second-order valence-electron chi connectivity index (χ2n) is 4.60. The smallest absolute Gasteiger partial charge is 0.322 e. The lowest BCUT2D eigenvalue weighted by Gasteiger charge is -2.20. The normalized spacial score (nSPS) is 17.6. The minimum atomic E-state index is -0.840. The van der Waals surface area contributed by atoms with E-state index < -0.39 is 5.97 Å². The van der Waals surface area contributed by atoms with Gasteiger partial charge < -0.3 is 10.4 Å². The molecule has 1 aliphatic rings. The molecule has 0 amide bonds. The molecular weight excluding hydrogens is 240 g/mol. The number of carboxylic acids is 1. The van der Waals surface area contributed by atoms with Crippen molar-refractivity contribution in [3.63, 3.8) is 0 Å². The molecule has 0 spiro atoms. The number of aliphatic imine (C=N–C) groups is 1. The summed E-state index contributed by atoms with van der Waals surface area (Å²) in [7, 11) is 0. The summed E-state index contributed by atoms with van der Waals surface area (Å²) in [6.07, 6.45) is 2.84. The van der Waals surface area contributed by atoms with Crippen LogP contribution in [0, 0.1) is 0 Å². The fraction of sp³-hybridized carbons (Fsp3) is 0.333. The molecule has 4 heteroatoms. The fourth-order valence-corrected chi connectivity index (χ4v) is 2.18. The van der Waals surface area contributed by atoms with Gasteiger partial charge in [-0.15, -0.1) is 0 Å². The van der Waals surface area contributed by atoms with Gasteiger partial charge in [-0.1, -0.05) is 18.2 Å². The van der Waals surface area contributed by atoms with Gasteiger partial charge in [0.25, 0.3) is 0 Å². The zero-order chi connectivity index (χ0) is 13.7. The van der Waals surface area contributed by atoms with Crippen molar-refractivity contribution < 1.29 is 9.90 Å². The first-order chi connectivity index (χ1) is 9.16. The van der Waals surface area contributed by atoms with E-state index in [-0.39, 0.29) is 6.54 Å². The number of allylic oxidation sites excluding steroid dienone is 2. The topological polar surface area (TPSA) is 61.7 Å². The summed E-state index contributed by atoms with van der Waals surface area (Å²) in [5.41, 5.74) is 4.07. The van der Waals surface area contributed by atoms with Gasteiger partial charge in [-0.3, -0.25) is 9.79 Å². The Morgan fingerprint density at radius 1 is 1.32 bits per heavy atom. The van der Waals surface area contributed by atoms with E-state index in [1.807, 2.05) is 37.3 Å². The lowest BCUT2D eigenvalue weighted by molar-refractivity contribution is -0.135. The Hall–Kier alpha value is -2.10. The van der Waals surface area contributed by atoms with E-state index in [4.69, 9.17) is 5.11 Å². The van der Waals surface area contributed by atoms with Gasteiger partial charge in [-0.2, -0.15) is 0 Å². The average Bonchev–Trinajstić information content (AvgIpc) is 2.41. The van der Waals surface area contributed by atoms with Crippen molar-refractivity contribution in [3.05, 3.63) is 41.6 Å². The number of nitrogens with zero attached hydrogens (tertiary/aromatic N) is 1. The van der Waals surface area contributed by atoms with Gasteiger partial charge in [-0.25, -0.2) is 0 Å². The van der Waals surface area contributed by atoms with Crippen LogP contribution in [0.15, 0.2) is 46.6 Å². The number of rotatable bonds is 4. The number of benzene rings is 1. The summed E-state index contributed by atoms with van der Waals surface area (Å²) in [4.78, 5) is 15.3. The van der Waals surface area contributed by atoms with Crippen LogP contribution in [-0.4, -0.2) is 23.3 Å². The lowest BCUT2D eigenvalue weighted by atomic mass is 9.95. The molecule has 0 saturated heterocycles. The van der Waals surface area contributed by atoms with Crippen LogP contribution in [0.1, 0.15) is 26.2 Å². The van der Waals surface area contributed by atoms with E-state index in [9.17, 15) is 4.79 Å². The SMILES string of the molecule is CC1=C(NCC(=O)O)CCCC1=Nc1ccccc1. The van der Waals surface area contributed by atoms with Gasteiger partial charge in [0.1, 0.15) is 6.54 Å². The zero-order valence-electron chi connectivity index (χ0n) is 11.0. The van der Waals surface area contributed by atoms with Crippen molar-refractivity contribution >= 4 is 17.4 Å². The Balaban J connectivity index is 2.19. The largest absolute Gasteiger partial charge is 0.480 e. The molecule has 0 saturated carbocycles. The average molecular weight is 258 g/mol. The van der Waals surface area contributed by atoms with Crippen LogP contribution in [0.3, 0.4) is 0 Å². The molecule has 0 atom stereocenters. The van der Waals surface area contributed by atoms with Gasteiger partial charge in [-0.05, 0) is 43.9 Å². The third-order valence-corrected chi connectivity index (χ3v) is 3.20. The number of hydrogen-bond acceptors (Lipinski definition) is 3. The monoisotopic (exact) mass is 258 g/mol. The van der Waals surface area contributed by atoms with Crippen molar-refractivity contribution in [2.75, 3.05) is 6.54 Å². The molecule has 2 N–H and O–H groups in total. The Kier molecular flexibility index (Phi) is 4.34. The molecule has 1 aliphatic carbocycles. The van der Waals surface area contributed by atoms with Gasteiger partial charge in [0, 0.05) is 11.4 Å². The minimum Gasteiger partial charge on any atom is -0.480 e. The van der Waals surface area contributed by atoms with Crippen molar-refractivity contribution in [1.29, 1.82) is 0 Å². The van der Waals surface area contributed by atoms with E-state index in [0.29, 0.717) is 0 Å². The Bertz CT molecular complexity index is 518. The van der Waals surface area contributed by atoms with Crippen molar-refractivity contribution in [1.82, 2.24) is 5.32 Å². The summed E-state index contributed by atoms with van der Waals surface area (Å²) in [6.45, 7) is 1.97. The van der Waals surface area contributed by atoms with E-state index in [1.165, 1.54) is 0 Å². The van der Waals surface area contributed by atoms with E-state index in [1.54, 1.807) is 0 Å². The molecule has 4 nitrogen and oxygen atoms in total. The van der Waals surface area contributed by atoms with Crippen LogP contribution in [-0.2, 0) is 4.79 Å². The maximum absolute atomic E-state index is 10.6. The molecule has 1 aromatic carbocycles. The molecule has 0 radical (unpaired) electrons. The number of carbonyl (C=O) groups is 1. The first-order valence-electron chi connectivity index (χ1n) is 6.45. The number of aliphatic carboxylic acids is 1. The molecular formula is C15H18N2O2. The molecule has 19 heavy (non-hydrogen) atoms. The fourth-order valence-electron chi connectivity index (χ4n) is 2.18. The first kappa shape index (κ1) is 13.3. The minimum absolute atomic E-state index is 0.0364. The maximum Gasteiger partial charge on any atom is 0.322 e. The Morgan fingerprint density at radius 2 is 2.05 bits per heavy atom. The molecule has 0 aromatic heterocycles.